The van der Waals surface area contributed by atoms with Gasteiger partial charge in [0.25, 0.3) is 5.56 Å². The maximum Gasteiger partial charge on any atom is 0.330 e. The first kappa shape index (κ1) is 12.7. The molecule has 100 valence electrons. The molecule has 1 heterocycles. The number of rotatable bonds is 5. The fourth-order valence-electron chi connectivity index (χ4n) is 1.92. The van der Waals surface area contributed by atoms with Crippen molar-refractivity contribution in [3.63, 3.8) is 0 Å². The van der Waals surface area contributed by atoms with Crippen LogP contribution in [0.3, 0.4) is 0 Å². The highest BCUT2D eigenvalue weighted by atomic mass is 16.3. The molecule has 0 saturated heterocycles. The first-order valence-electron chi connectivity index (χ1n) is 6.00. The second kappa shape index (κ2) is 4.49. The lowest BCUT2D eigenvalue weighted by molar-refractivity contribution is 0.219. The number of H-pyrrole nitrogens is 1. The number of aromatic amines is 1. The van der Waals surface area contributed by atoms with Gasteiger partial charge in [-0.1, -0.05) is 0 Å². The highest BCUT2D eigenvalue weighted by molar-refractivity contribution is 5.60. The Kier molecular flexibility index (Phi) is 3.16. The number of nitrogens with zero attached hydrogens (tertiary/aromatic N) is 1. The quantitative estimate of drug-likeness (QED) is 0.556. The smallest absolute Gasteiger partial charge is 0.330 e. The number of nitrogens with two attached hydrogens (primary N) is 1. The van der Waals surface area contributed by atoms with Crippen molar-refractivity contribution in [1.29, 1.82) is 0 Å². The molecule has 0 radical (unpaired) electrons. The number of hydrogen-bond donors (Lipinski definition) is 4. The van der Waals surface area contributed by atoms with Gasteiger partial charge in [0.1, 0.15) is 11.5 Å². The minimum atomic E-state index is -0.518. The molecule has 5 N–H and O–H groups in total. The lowest BCUT2D eigenvalue weighted by atomic mass is 10.1. The summed E-state index contributed by atoms with van der Waals surface area (Å²) in [5.74, 6) is 0.139. The maximum absolute atomic E-state index is 11.7. The Balaban J connectivity index is 2.27. The van der Waals surface area contributed by atoms with Gasteiger partial charge in [0.2, 0.25) is 0 Å². The summed E-state index contributed by atoms with van der Waals surface area (Å²) in [5.41, 5.74) is 4.85. The number of anilines is 2. The van der Waals surface area contributed by atoms with Gasteiger partial charge in [-0.25, -0.2) is 4.79 Å². The van der Waals surface area contributed by atoms with Crippen LogP contribution in [0.2, 0.25) is 0 Å². The molecular weight excluding hydrogens is 236 g/mol. The first-order valence-corrected chi connectivity index (χ1v) is 6.00. The number of hydrogen-bond acceptors (Lipinski definition) is 5. The molecule has 1 fully saturated rings. The van der Waals surface area contributed by atoms with E-state index in [1.807, 2.05) is 0 Å². The molecule has 0 atom stereocenters. The molecule has 2 rings (SSSR count). The fourth-order valence-corrected chi connectivity index (χ4v) is 1.92. The zero-order valence-electron chi connectivity index (χ0n) is 10.3. The second-order valence-corrected chi connectivity index (χ2v) is 4.78. The second-order valence-electron chi connectivity index (χ2n) is 4.78. The summed E-state index contributed by atoms with van der Waals surface area (Å²) in [6.07, 6.45) is 1.86. The van der Waals surface area contributed by atoms with E-state index >= 15 is 0 Å². The van der Waals surface area contributed by atoms with Crippen molar-refractivity contribution in [3.8, 4) is 0 Å². The zero-order valence-corrected chi connectivity index (χ0v) is 10.3. The Morgan fingerprint density at radius 3 is 2.67 bits per heavy atom. The number of aliphatic hydroxyl groups is 1. The van der Waals surface area contributed by atoms with Crippen molar-refractivity contribution >= 4 is 11.5 Å². The molecule has 7 nitrogen and oxygen atoms in total. The summed E-state index contributed by atoms with van der Waals surface area (Å²) >= 11 is 0. The van der Waals surface area contributed by atoms with E-state index in [1.54, 1.807) is 6.92 Å². The Morgan fingerprint density at radius 2 is 2.17 bits per heavy atom. The first-order chi connectivity index (χ1) is 8.53. The van der Waals surface area contributed by atoms with Crippen LogP contribution >= 0.6 is 0 Å². The molecule has 1 aromatic rings. The molecule has 0 spiro atoms. The van der Waals surface area contributed by atoms with E-state index in [0.29, 0.717) is 13.1 Å². The number of nitrogens with one attached hydrogen (secondary N) is 2. The van der Waals surface area contributed by atoms with Crippen LogP contribution in [-0.4, -0.2) is 27.8 Å². The van der Waals surface area contributed by atoms with Gasteiger partial charge in [-0.3, -0.25) is 14.3 Å². The number of aliphatic hydroxyl groups excluding tert-OH is 1. The van der Waals surface area contributed by atoms with Gasteiger partial charge in [-0.2, -0.15) is 0 Å². The molecule has 0 bridgehead atoms. The summed E-state index contributed by atoms with van der Waals surface area (Å²) in [7, 11) is 0. The molecule has 18 heavy (non-hydrogen) atoms. The van der Waals surface area contributed by atoms with E-state index in [4.69, 9.17) is 5.73 Å². The third kappa shape index (κ3) is 2.13. The van der Waals surface area contributed by atoms with Crippen molar-refractivity contribution in [2.45, 2.75) is 26.3 Å². The van der Waals surface area contributed by atoms with Crippen LogP contribution in [0, 0.1) is 5.41 Å². The third-order valence-electron chi connectivity index (χ3n) is 3.49. The largest absolute Gasteiger partial charge is 0.396 e. The van der Waals surface area contributed by atoms with Crippen LogP contribution in [0.25, 0.3) is 0 Å². The molecule has 7 heteroatoms. The monoisotopic (exact) mass is 254 g/mol. The average Bonchev–Trinajstić information content (AvgIpc) is 3.09. The fraction of sp³-hybridized carbons (Fsp3) is 0.636. The highest BCUT2D eigenvalue weighted by Crippen LogP contribution is 2.44. The standard InChI is InChI=1S/C11H18N4O3/c1-2-15-8(12)7(9(17)14-10(15)18)13-5-11(6-16)3-4-11/h13,16H,2-6,12H2,1H3,(H,14,17,18). The Bertz CT molecular complexity index is 556. The molecule has 0 amide bonds. The lowest BCUT2D eigenvalue weighted by Gasteiger charge is -2.16. The van der Waals surface area contributed by atoms with Gasteiger partial charge in [0.15, 0.2) is 0 Å². The number of aromatic nitrogens is 2. The maximum atomic E-state index is 11.7. The molecule has 0 aromatic carbocycles. The lowest BCUT2D eigenvalue weighted by Crippen LogP contribution is -2.34. The van der Waals surface area contributed by atoms with E-state index in [0.717, 1.165) is 12.8 Å². The van der Waals surface area contributed by atoms with Crippen LogP contribution in [0.1, 0.15) is 19.8 Å². The van der Waals surface area contributed by atoms with E-state index in [2.05, 4.69) is 10.3 Å². The van der Waals surface area contributed by atoms with Crippen LogP contribution < -0.4 is 22.3 Å². The van der Waals surface area contributed by atoms with E-state index < -0.39 is 11.2 Å². The van der Waals surface area contributed by atoms with Crippen molar-refractivity contribution in [3.05, 3.63) is 20.8 Å². The van der Waals surface area contributed by atoms with Crippen LogP contribution in [0.4, 0.5) is 11.5 Å². The zero-order chi connectivity index (χ0) is 13.3. The van der Waals surface area contributed by atoms with Crippen molar-refractivity contribution < 1.29 is 5.11 Å². The number of nitrogen functional groups attached to an aromatic ring is 1. The molecule has 1 aliphatic rings. The predicted octanol–water partition coefficient (Wildman–Crippen LogP) is -0.677. The van der Waals surface area contributed by atoms with E-state index in [1.165, 1.54) is 4.57 Å². The SMILES string of the molecule is CCn1c(N)c(NCC2(CO)CC2)c(=O)[nH]c1=O. The molecular formula is C11H18N4O3. The summed E-state index contributed by atoms with van der Waals surface area (Å²) in [4.78, 5) is 25.4. The minimum absolute atomic E-state index is 0.0885. The Labute approximate surface area is 104 Å². The molecule has 0 unspecified atom stereocenters. The van der Waals surface area contributed by atoms with Gasteiger partial charge >= 0.3 is 5.69 Å². The normalized spacial score (nSPS) is 16.6. The topological polar surface area (TPSA) is 113 Å². The average molecular weight is 254 g/mol. The Morgan fingerprint density at radius 1 is 1.50 bits per heavy atom. The van der Waals surface area contributed by atoms with E-state index in [-0.39, 0.29) is 23.5 Å². The minimum Gasteiger partial charge on any atom is -0.396 e. The van der Waals surface area contributed by atoms with Gasteiger partial charge in [0, 0.05) is 18.5 Å². The van der Waals surface area contributed by atoms with Crippen molar-refractivity contribution in [2.75, 3.05) is 24.2 Å². The van der Waals surface area contributed by atoms with Crippen molar-refractivity contribution in [2.24, 2.45) is 5.41 Å². The summed E-state index contributed by atoms with van der Waals surface area (Å²) in [6.45, 7) is 2.74. The van der Waals surface area contributed by atoms with Gasteiger partial charge in [-0.15, -0.1) is 0 Å². The summed E-state index contributed by atoms with van der Waals surface area (Å²) in [6, 6.07) is 0. The predicted molar refractivity (Wildman–Crippen MR) is 68.7 cm³/mol. The van der Waals surface area contributed by atoms with E-state index in [9.17, 15) is 14.7 Å². The Hall–Kier alpha value is -1.76. The van der Waals surface area contributed by atoms with Crippen molar-refractivity contribution in [1.82, 2.24) is 9.55 Å². The van der Waals surface area contributed by atoms with Gasteiger partial charge < -0.3 is 16.2 Å². The summed E-state index contributed by atoms with van der Waals surface area (Å²) < 4.78 is 1.29. The summed E-state index contributed by atoms with van der Waals surface area (Å²) in [5, 5.41) is 12.2. The molecule has 1 aliphatic carbocycles. The third-order valence-corrected chi connectivity index (χ3v) is 3.49. The highest BCUT2D eigenvalue weighted by Gasteiger charge is 2.41. The van der Waals surface area contributed by atoms with Crippen LogP contribution in [0.15, 0.2) is 9.59 Å². The van der Waals surface area contributed by atoms with Gasteiger partial charge in [-0.05, 0) is 19.8 Å². The van der Waals surface area contributed by atoms with Gasteiger partial charge in [0.05, 0.1) is 6.61 Å². The molecule has 1 aromatic heterocycles. The molecule has 1 saturated carbocycles. The molecule has 0 aliphatic heterocycles. The van der Waals surface area contributed by atoms with Crippen LogP contribution in [-0.2, 0) is 6.54 Å². The van der Waals surface area contributed by atoms with Crippen LogP contribution in [0.5, 0.6) is 0 Å².